The van der Waals surface area contributed by atoms with E-state index in [0.717, 1.165) is 12.1 Å². The number of rotatable bonds is 5. The number of sulfonamides is 1. The van der Waals surface area contributed by atoms with Gasteiger partial charge in [0.2, 0.25) is 10.0 Å². The van der Waals surface area contributed by atoms with Crippen molar-refractivity contribution in [2.24, 2.45) is 0 Å². The minimum atomic E-state index is -3.98. The highest BCUT2D eigenvalue weighted by atomic mass is 35.5. The van der Waals surface area contributed by atoms with Gasteiger partial charge in [-0.25, -0.2) is 22.3 Å². The zero-order valence-electron chi connectivity index (χ0n) is 12.9. The Bertz CT molecular complexity index is 689. The van der Waals surface area contributed by atoms with Gasteiger partial charge in [0.25, 0.3) is 0 Å². The highest BCUT2D eigenvalue weighted by Gasteiger charge is 2.20. The van der Waals surface area contributed by atoms with Crippen LogP contribution in [0.25, 0.3) is 0 Å². The zero-order chi connectivity index (χ0) is 17.8. The van der Waals surface area contributed by atoms with E-state index in [0.29, 0.717) is 0 Å². The molecular formula is C13H19ClFN3O4S. The molecule has 0 atom stereocenters. The summed E-state index contributed by atoms with van der Waals surface area (Å²) >= 11 is 5.72. The molecule has 1 aromatic carbocycles. The van der Waals surface area contributed by atoms with Crippen LogP contribution in [-0.2, 0) is 14.8 Å². The number of ether oxygens (including phenoxy) is 1. The molecule has 130 valence electrons. The average Bonchev–Trinajstić information content (AvgIpc) is 2.37. The van der Waals surface area contributed by atoms with Crippen molar-refractivity contribution in [1.82, 2.24) is 10.0 Å². The summed E-state index contributed by atoms with van der Waals surface area (Å²) in [6.07, 6.45) is -0.666. The van der Waals surface area contributed by atoms with Crippen LogP contribution < -0.4 is 15.8 Å². The number of carbonyl (C=O) groups excluding carboxylic acids is 1. The number of alkyl carbamates (subject to hydrolysis) is 1. The van der Waals surface area contributed by atoms with E-state index < -0.39 is 27.5 Å². The van der Waals surface area contributed by atoms with Crippen molar-refractivity contribution in [1.29, 1.82) is 0 Å². The van der Waals surface area contributed by atoms with E-state index in [1.165, 1.54) is 0 Å². The monoisotopic (exact) mass is 367 g/mol. The second-order valence-corrected chi connectivity index (χ2v) is 7.77. The highest BCUT2D eigenvalue weighted by molar-refractivity contribution is 7.89. The number of hydrogen-bond acceptors (Lipinski definition) is 5. The second kappa shape index (κ2) is 7.33. The van der Waals surface area contributed by atoms with Crippen LogP contribution in [0.4, 0.5) is 14.9 Å². The molecule has 0 fully saturated rings. The van der Waals surface area contributed by atoms with Gasteiger partial charge in [-0.2, -0.15) is 0 Å². The molecule has 4 N–H and O–H groups in total. The molecule has 0 radical (unpaired) electrons. The molecule has 0 saturated carbocycles. The van der Waals surface area contributed by atoms with Crippen LogP contribution >= 0.6 is 11.6 Å². The predicted octanol–water partition coefficient (Wildman–Crippen LogP) is 1.86. The normalized spacial score (nSPS) is 12.0. The number of halogens is 2. The largest absolute Gasteiger partial charge is 0.444 e. The number of nitrogens with two attached hydrogens (primary N) is 1. The number of nitrogens with one attached hydrogen (secondary N) is 2. The topological polar surface area (TPSA) is 111 Å². The molecule has 0 aliphatic rings. The lowest BCUT2D eigenvalue weighted by Gasteiger charge is -2.19. The summed E-state index contributed by atoms with van der Waals surface area (Å²) in [5.41, 5.74) is 4.36. The summed E-state index contributed by atoms with van der Waals surface area (Å²) in [4.78, 5) is 11.1. The molecule has 1 amide bonds. The first-order chi connectivity index (χ1) is 10.4. The summed E-state index contributed by atoms with van der Waals surface area (Å²) in [5.74, 6) is -0.805. The van der Waals surface area contributed by atoms with Crippen molar-refractivity contribution in [2.75, 3.05) is 18.8 Å². The van der Waals surface area contributed by atoms with Gasteiger partial charge < -0.3 is 15.8 Å². The molecule has 0 bridgehead atoms. The van der Waals surface area contributed by atoms with Crippen molar-refractivity contribution >= 4 is 33.4 Å². The second-order valence-electron chi connectivity index (χ2n) is 5.63. The smallest absolute Gasteiger partial charge is 0.407 e. The molecule has 1 rings (SSSR count). The molecule has 0 aromatic heterocycles. The maximum absolute atomic E-state index is 13.2. The Morgan fingerprint density at radius 3 is 2.52 bits per heavy atom. The molecule has 0 heterocycles. The van der Waals surface area contributed by atoms with E-state index in [9.17, 15) is 17.6 Å². The fourth-order valence-electron chi connectivity index (χ4n) is 1.49. The lowest BCUT2D eigenvalue weighted by atomic mass is 10.2. The Balaban J connectivity index is 2.61. The quantitative estimate of drug-likeness (QED) is 0.543. The van der Waals surface area contributed by atoms with Gasteiger partial charge in [-0.15, -0.1) is 0 Å². The van der Waals surface area contributed by atoms with Gasteiger partial charge >= 0.3 is 6.09 Å². The number of anilines is 1. The standard InChI is InChI=1S/C13H19ClFN3O4S/c1-13(2,3)22-12(19)17-4-5-18-23(20,21)11-7-10(16)9(15)6-8(11)14/h6-7,18H,4-5,16H2,1-3H3,(H,17,19). The van der Waals surface area contributed by atoms with E-state index in [4.69, 9.17) is 22.1 Å². The average molecular weight is 368 g/mol. The first-order valence-corrected chi connectivity index (χ1v) is 8.49. The van der Waals surface area contributed by atoms with E-state index in [-0.39, 0.29) is 28.7 Å². The third-order valence-electron chi connectivity index (χ3n) is 2.43. The summed E-state index contributed by atoms with van der Waals surface area (Å²) in [6, 6.07) is 1.76. The number of nitrogen functional groups attached to an aromatic ring is 1. The Hall–Kier alpha value is -1.58. The summed E-state index contributed by atoms with van der Waals surface area (Å²) in [6.45, 7) is 5.01. The van der Waals surface area contributed by atoms with Crippen LogP contribution in [0, 0.1) is 5.82 Å². The van der Waals surface area contributed by atoms with Gasteiger partial charge in [0.1, 0.15) is 16.3 Å². The molecule has 0 spiro atoms. The predicted molar refractivity (Wildman–Crippen MR) is 85.2 cm³/mol. The van der Waals surface area contributed by atoms with Crippen molar-refractivity contribution < 1.29 is 22.3 Å². The molecule has 0 saturated heterocycles. The molecule has 10 heteroatoms. The maximum atomic E-state index is 13.2. The van der Waals surface area contributed by atoms with Gasteiger partial charge in [-0.3, -0.25) is 0 Å². The van der Waals surface area contributed by atoms with Gasteiger partial charge in [-0.1, -0.05) is 11.6 Å². The van der Waals surface area contributed by atoms with Crippen LogP contribution in [0.15, 0.2) is 17.0 Å². The third-order valence-corrected chi connectivity index (χ3v) is 4.35. The summed E-state index contributed by atoms with van der Waals surface area (Å²) in [5, 5.41) is 2.10. The molecule has 0 aliphatic carbocycles. The Morgan fingerprint density at radius 1 is 1.35 bits per heavy atom. The molecule has 7 nitrogen and oxygen atoms in total. The Kier molecular flexibility index (Phi) is 6.20. The summed E-state index contributed by atoms with van der Waals surface area (Å²) in [7, 11) is -3.98. The fourth-order valence-corrected chi connectivity index (χ4v) is 3.07. The van der Waals surface area contributed by atoms with E-state index in [1.54, 1.807) is 20.8 Å². The van der Waals surface area contributed by atoms with Crippen molar-refractivity contribution in [3.63, 3.8) is 0 Å². The third kappa shape index (κ3) is 6.20. The molecule has 0 aliphatic heterocycles. The van der Waals surface area contributed by atoms with Crippen LogP contribution in [0.2, 0.25) is 5.02 Å². The van der Waals surface area contributed by atoms with Gasteiger partial charge in [-0.05, 0) is 32.9 Å². The molecule has 1 aromatic rings. The Morgan fingerprint density at radius 2 is 1.96 bits per heavy atom. The van der Waals surface area contributed by atoms with Crippen molar-refractivity contribution in [3.8, 4) is 0 Å². The number of carbonyl (C=O) groups is 1. The zero-order valence-corrected chi connectivity index (χ0v) is 14.5. The van der Waals surface area contributed by atoms with Crippen LogP contribution in [0.1, 0.15) is 20.8 Å². The van der Waals surface area contributed by atoms with Gasteiger partial charge in [0, 0.05) is 13.1 Å². The maximum Gasteiger partial charge on any atom is 0.407 e. The molecule has 23 heavy (non-hydrogen) atoms. The number of amides is 1. The minimum absolute atomic E-state index is 0.00242. The Labute approximate surface area is 139 Å². The number of hydrogen-bond donors (Lipinski definition) is 3. The molecular weight excluding hydrogens is 349 g/mol. The lowest BCUT2D eigenvalue weighted by molar-refractivity contribution is 0.0529. The van der Waals surface area contributed by atoms with Crippen LogP contribution in [-0.4, -0.2) is 33.2 Å². The van der Waals surface area contributed by atoms with Crippen LogP contribution in [0.5, 0.6) is 0 Å². The molecule has 0 unspecified atom stereocenters. The minimum Gasteiger partial charge on any atom is -0.444 e. The van der Waals surface area contributed by atoms with Gasteiger partial charge in [0.05, 0.1) is 10.7 Å². The lowest BCUT2D eigenvalue weighted by Crippen LogP contribution is -2.37. The van der Waals surface area contributed by atoms with Crippen molar-refractivity contribution in [2.45, 2.75) is 31.3 Å². The van der Waals surface area contributed by atoms with E-state index >= 15 is 0 Å². The summed E-state index contributed by atoms with van der Waals surface area (Å²) < 4.78 is 44.6. The van der Waals surface area contributed by atoms with Crippen LogP contribution in [0.3, 0.4) is 0 Å². The first-order valence-electron chi connectivity index (χ1n) is 6.63. The van der Waals surface area contributed by atoms with Gasteiger partial charge in [0.15, 0.2) is 0 Å². The van der Waals surface area contributed by atoms with E-state index in [1.807, 2.05) is 0 Å². The van der Waals surface area contributed by atoms with E-state index in [2.05, 4.69) is 10.0 Å². The SMILES string of the molecule is CC(C)(C)OC(=O)NCCNS(=O)(=O)c1cc(N)c(F)cc1Cl. The first kappa shape index (κ1) is 19.5. The highest BCUT2D eigenvalue weighted by Crippen LogP contribution is 2.25. The van der Waals surface area contributed by atoms with Crippen molar-refractivity contribution in [3.05, 3.63) is 23.0 Å². The number of benzene rings is 1. The fraction of sp³-hybridized carbons (Fsp3) is 0.462.